The molecule has 3 nitrogen and oxygen atoms in total. The Morgan fingerprint density at radius 2 is 2.00 bits per heavy atom. The fraction of sp³-hybridized carbons (Fsp3) is 0.688. The summed E-state index contributed by atoms with van der Waals surface area (Å²) in [5.74, 6) is -0.584. The van der Waals surface area contributed by atoms with Crippen LogP contribution in [0.3, 0.4) is 0 Å². The van der Waals surface area contributed by atoms with E-state index < -0.39 is 11.6 Å². The van der Waals surface area contributed by atoms with Gasteiger partial charge >= 0.3 is 5.97 Å². The second-order valence-electron chi connectivity index (χ2n) is 6.35. The Morgan fingerprint density at radius 1 is 1.37 bits per heavy atom. The lowest BCUT2D eigenvalue weighted by atomic mass is 9.52. The molecule has 0 amide bonds. The summed E-state index contributed by atoms with van der Waals surface area (Å²) in [5.41, 5.74) is 0.0895. The molecule has 2 fully saturated rings. The first-order valence-corrected chi connectivity index (χ1v) is 7.03. The fourth-order valence-electron chi connectivity index (χ4n) is 4.22. The van der Waals surface area contributed by atoms with Crippen LogP contribution in [0.2, 0.25) is 0 Å². The fourth-order valence-corrected chi connectivity index (χ4v) is 4.22. The molecule has 19 heavy (non-hydrogen) atoms. The van der Waals surface area contributed by atoms with Crippen LogP contribution in [-0.4, -0.2) is 23.8 Å². The zero-order chi connectivity index (χ0) is 14.3. The molecule has 2 rings (SSSR count). The van der Waals surface area contributed by atoms with E-state index in [1.54, 1.807) is 0 Å². The summed E-state index contributed by atoms with van der Waals surface area (Å²) in [6.07, 6.45) is 5.68. The van der Waals surface area contributed by atoms with Gasteiger partial charge in [0.15, 0.2) is 0 Å². The van der Waals surface area contributed by atoms with E-state index in [9.17, 15) is 9.90 Å². The summed E-state index contributed by atoms with van der Waals surface area (Å²) < 4.78 is 4.75. The minimum atomic E-state index is -1.18. The number of ether oxygens (including phenoxy) is 1. The number of fused-ring (bicyclic) bond motifs is 1. The maximum absolute atomic E-state index is 11.8. The first-order valence-electron chi connectivity index (χ1n) is 7.03. The van der Waals surface area contributed by atoms with Gasteiger partial charge < -0.3 is 9.84 Å². The smallest absolute Gasteiger partial charge is 0.336 e. The Morgan fingerprint density at radius 3 is 2.63 bits per heavy atom. The van der Waals surface area contributed by atoms with E-state index in [0.717, 1.165) is 37.7 Å². The van der Waals surface area contributed by atoms with Gasteiger partial charge in [0.2, 0.25) is 0 Å². The molecule has 2 aliphatic carbocycles. The van der Waals surface area contributed by atoms with Gasteiger partial charge in [-0.05, 0) is 43.9 Å². The molecule has 0 aromatic rings. The van der Waals surface area contributed by atoms with Crippen molar-refractivity contribution in [3.05, 3.63) is 24.3 Å². The second kappa shape index (κ2) is 4.78. The zero-order valence-electron chi connectivity index (χ0n) is 12.0. The highest BCUT2D eigenvalue weighted by Crippen LogP contribution is 2.57. The van der Waals surface area contributed by atoms with Gasteiger partial charge in [-0.2, -0.15) is 0 Å². The summed E-state index contributed by atoms with van der Waals surface area (Å²) in [5, 5.41) is 11.1. The zero-order valence-corrected chi connectivity index (χ0v) is 12.0. The molecule has 106 valence electrons. The molecule has 0 aromatic carbocycles. The standard InChI is InChI=1S/C16H24O3/c1-11-7-5-8-15(3)9-6-10-16(18,13(11)15)12(2)14(17)19-4/h13,18H,1-2,5-10H2,3-4H3/t13?,15-,16-/m1/s1. The van der Waals surface area contributed by atoms with Crippen LogP contribution in [0.15, 0.2) is 24.3 Å². The number of rotatable bonds is 2. The minimum Gasteiger partial charge on any atom is -0.466 e. The van der Waals surface area contributed by atoms with Gasteiger partial charge in [-0.1, -0.05) is 25.7 Å². The molecule has 0 saturated heterocycles. The lowest BCUT2D eigenvalue weighted by Gasteiger charge is -2.54. The summed E-state index contributed by atoms with van der Waals surface area (Å²) in [4.78, 5) is 11.8. The molecule has 1 N–H and O–H groups in total. The molecule has 0 bridgehead atoms. The van der Waals surface area contributed by atoms with Crippen LogP contribution < -0.4 is 0 Å². The maximum atomic E-state index is 11.8. The number of aliphatic hydroxyl groups is 1. The summed E-state index contributed by atoms with van der Waals surface area (Å²) in [6.45, 7) is 10.2. The monoisotopic (exact) mass is 264 g/mol. The first kappa shape index (κ1) is 14.3. The molecule has 0 aliphatic heterocycles. The Bertz CT molecular complexity index is 422. The molecule has 0 radical (unpaired) electrons. The molecule has 0 spiro atoms. The summed E-state index contributed by atoms with van der Waals surface area (Å²) in [7, 11) is 1.33. The predicted octanol–water partition coefficient (Wildman–Crippen LogP) is 2.99. The van der Waals surface area contributed by atoms with Crippen LogP contribution in [0.5, 0.6) is 0 Å². The molecule has 2 saturated carbocycles. The number of hydrogen-bond acceptors (Lipinski definition) is 3. The van der Waals surface area contributed by atoms with E-state index in [-0.39, 0.29) is 16.9 Å². The molecule has 0 aromatic heterocycles. The van der Waals surface area contributed by atoms with Crippen LogP contribution in [-0.2, 0) is 9.53 Å². The van der Waals surface area contributed by atoms with E-state index in [0.29, 0.717) is 6.42 Å². The average molecular weight is 264 g/mol. The topological polar surface area (TPSA) is 46.5 Å². The third-order valence-electron chi connectivity index (χ3n) is 5.09. The van der Waals surface area contributed by atoms with Crippen LogP contribution >= 0.6 is 0 Å². The van der Waals surface area contributed by atoms with Crippen LogP contribution in [0.1, 0.15) is 45.4 Å². The van der Waals surface area contributed by atoms with Gasteiger partial charge in [0.25, 0.3) is 0 Å². The van der Waals surface area contributed by atoms with Crippen molar-refractivity contribution in [2.45, 2.75) is 51.0 Å². The number of methoxy groups -OCH3 is 1. The average Bonchev–Trinajstić information content (AvgIpc) is 2.36. The Balaban J connectivity index is 2.40. The minimum absolute atomic E-state index is 0.0271. The highest BCUT2D eigenvalue weighted by atomic mass is 16.5. The number of esters is 1. The molecule has 3 atom stereocenters. The Kier molecular flexibility index (Phi) is 3.61. The van der Waals surface area contributed by atoms with Gasteiger partial charge in [-0.3, -0.25) is 0 Å². The van der Waals surface area contributed by atoms with Crippen molar-refractivity contribution in [2.24, 2.45) is 11.3 Å². The first-order chi connectivity index (χ1) is 8.85. The van der Waals surface area contributed by atoms with Gasteiger partial charge in [-0.15, -0.1) is 0 Å². The van der Waals surface area contributed by atoms with Crippen molar-refractivity contribution in [2.75, 3.05) is 7.11 Å². The van der Waals surface area contributed by atoms with Crippen LogP contribution in [0, 0.1) is 11.3 Å². The second-order valence-corrected chi connectivity index (χ2v) is 6.35. The van der Waals surface area contributed by atoms with Gasteiger partial charge in [0.1, 0.15) is 5.60 Å². The normalized spacial score (nSPS) is 38.5. The molecule has 3 heteroatoms. The highest BCUT2D eigenvalue weighted by molar-refractivity contribution is 5.90. The summed E-state index contributed by atoms with van der Waals surface area (Å²) >= 11 is 0. The molecule has 1 unspecified atom stereocenters. The van der Waals surface area contributed by atoms with E-state index >= 15 is 0 Å². The number of carbonyl (C=O) groups excluding carboxylic acids is 1. The lowest BCUT2D eigenvalue weighted by molar-refractivity contribution is -0.143. The molecule has 0 heterocycles. The van der Waals surface area contributed by atoms with Crippen molar-refractivity contribution in [1.29, 1.82) is 0 Å². The summed E-state index contributed by atoms with van der Waals surface area (Å²) in [6, 6.07) is 0. The molecule has 2 aliphatic rings. The molecular weight excluding hydrogens is 240 g/mol. The van der Waals surface area contributed by atoms with Crippen molar-refractivity contribution < 1.29 is 14.6 Å². The number of hydrogen-bond donors (Lipinski definition) is 1. The molecular formula is C16H24O3. The van der Waals surface area contributed by atoms with Crippen molar-refractivity contribution >= 4 is 5.97 Å². The van der Waals surface area contributed by atoms with Gasteiger partial charge in [-0.25, -0.2) is 4.79 Å². The van der Waals surface area contributed by atoms with Crippen LogP contribution in [0.25, 0.3) is 0 Å². The quantitative estimate of drug-likeness (QED) is 0.474. The van der Waals surface area contributed by atoms with Gasteiger partial charge in [0, 0.05) is 5.92 Å². The van der Waals surface area contributed by atoms with E-state index in [1.807, 2.05) is 0 Å². The SMILES string of the molecule is C=C1CCC[C@]2(C)CCC[C@@](O)(C(=C)C(=O)OC)C12. The lowest BCUT2D eigenvalue weighted by Crippen LogP contribution is -2.54. The third-order valence-corrected chi connectivity index (χ3v) is 5.09. The predicted molar refractivity (Wildman–Crippen MR) is 74.5 cm³/mol. The Labute approximate surface area is 115 Å². The van der Waals surface area contributed by atoms with E-state index in [4.69, 9.17) is 4.74 Å². The Hall–Kier alpha value is -1.09. The van der Waals surface area contributed by atoms with Crippen molar-refractivity contribution in [3.8, 4) is 0 Å². The van der Waals surface area contributed by atoms with Crippen molar-refractivity contribution in [1.82, 2.24) is 0 Å². The number of carbonyl (C=O) groups is 1. The largest absolute Gasteiger partial charge is 0.466 e. The maximum Gasteiger partial charge on any atom is 0.336 e. The van der Waals surface area contributed by atoms with E-state index in [2.05, 4.69) is 20.1 Å². The highest BCUT2D eigenvalue weighted by Gasteiger charge is 2.55. The van der Waals surface area contributed by atoms with Gasteiger partial charge in [0.05, 0.1) is 12.7 Å². The van der Waals surface area contributed by atoms with Crippen molar-refractivity contribution in [3.63, 3.8) is 0 Å². The van der Waals surface area contributed by atoms with Crippen LogP contribution in [0.4, 0.5) is 0 Å². The van der Waals surface area contributed by atoms with E-state index in [1.165, 1.54) is 7.11 Å². The third kappa shape index (κ3) is 2.14.